The lowest BCUT2D eigenvalue weighted by atomic mass is 10.1. The quantitative estimate of drug-likeness (QED) is 0.911. The first kappa shape index (κ1) is 13.5. The highest BCUT2D eigenvalue weighted by molar-refractivity contribution is 5.42. The molecule has 7 heteroatoms. The van der Waals surface area contributed by atoms with Crippen molar-refractivity contribution in [2.24, 2.45) is 5.73 Å². The largest absolute Gasteiger partial charge is 0.416 e. The first-order valence-electron chi connectivity index (χ1n) is 5.63. The molecule has 0 saturated carbocycles. The van der Waals surface area contributed by atoms with E-state index in [-0.39, 0.29) is 12.1 Å². The second kappa shape index (κ2) is 4.65. The van der Waals surface area contributed by atoms with Crippen molar-refractivity contribution in [1.29, 1.82) is 0 Å². The monoisotopic (exact) mass is 270 g/mol. The van der Waals surface area contributed by atoms with Crippen LogP contribution in [0.1, 0.15) is 22.8 Å². The maximum absolute atomic E-state index is 12.9. The van der Waals surface area contributed by atoms with Gasteiger partial charge < -0.3 is 5.73 Å². The number of nitrogens with two attached hydrogens (primary N) is 1. The molecule has 1 aromatic carbocycles. The first-order valence-corrected chi connectivity index (χ1v) is 5.63. The van der Waals surface area contributed by atoms with Crippen molar-refractivity contribution in [2.75, 3.05) is 0 Å². The number of aromatic nitrogens is 3. The summed E-state index contributed by atoms with van der Waals surface area (Å²) >= 11 is 0. The van der Waals surface area contributed by atoms with Gasteiger partial charge in [0.1, 0.15) is 11.6 Å². The topological polar surface area (TPSA) is 56.7 Å². The molecule has 0 bridgehead atoms. The van der Waals surface area contributed by atoms with Gasteiger partial charge in [-0.25, -0.2) is 9.67 Å². The maximum atomic E-state index is 12.9. The standard InChI is InChI=1S/C12H13F3N4/c1-7-17-8(2)19(18-7)10-4-3-9(6-16)11(5-10)12(13,14)15/h3-5H,6,16H2,1-2H3. The molecule has 4 nitrogen and oxygen atoms in total. The van der Waals surface area contributed by atoms with E-state index in [2.05, 4.69) is 10.1 Å². The molecular weight excluding hydrogens is 257 g/mol. The van der Waals surface area contributed by atoms with Crippen LogP contribution < -0.4 is 5.73 Å². The van der Waals surface area contributed by atoms with Crippen LogP contribution in [0.5, 0.6) is 0 Å². The van der Waals surface area contributed by atoms with Crippen LogP contribution in [0.25, 0.3) is 5.69 Å². The molecule has 2 N–H and O–H groups in total. The zero-order valence-corrected chi connectivity index (χ0v) is 10.5. The van der Waals surface area contributed by atoms with Crippen molar-refractivity contribution in [1.82, 2.24) is 14.8 Å². The predicted octanol–water partition coefficient (Wildman–Crippen LogP) is 2.36. The van der Waals surface area contributed by atoms with Gasteiger partial charge in [-0.2, -0.15) is 18.3 Å². The summed E-state index contributed by atoms with van der Waals surface area (Å²) in [4.78, 5) is 4.07. The Morgan fingerprint density at radius 1 is 1.26 bits per heavy atom. The first-order chi connectivity index (χ1) is 8.82. The van der Waals surface area contributed by atoms with Crippen molar-refractivity contribution in [2.45, 2.75) is 26.6 Å². The highest BCUT2D eigenvalue weighted by Gasteiger charge is 2.33. The number of hydrogen-bond acceptors (Lipinski definition) is 3. The molecule has 19 heavy (non-hydrogen) atoms. The molecule has 2 aromatic rings. The summed E-state index contributed by atoms with van der Waals surface area (Å²) in [7, 11) is 0. The lowest BCUT2D eigenvalue weighted by molar-refractivity contribution is -0.138. The van der Waals surface area contributed by atoms with Gasteiger partial charge in [-0.05, 0) is 31.5 Å². The fourth-order valence-electron chi connectivity index (χ4n) is 1.90. The highest BCUT2D eigenvalue weighted by Crippen LogP contribution is 2.33. The van der Waals surface area contributed by atoms with Crippen LogP contribution in [-0.4, -0.2) is 14.8 Å². The molecule has 0 atom stereocenters. The van der Waals surface area contributed by atoms with Gasteiger partial charge in [0, 0.05) is 6.54 Å². The summed E-state index contributed by atoms with van der Waals surface area (Å²) in [5, 5.41) is 4.07. The lowest BCUT2D eigenvalue weighted by Crippen LogP contribution is -2.13. The summed E-state index contributed by atoms with van der Waals surface area (Å²) in [5.41, 5.74) is 4.98. The fourth-order valence-corrected chi connectivity index (χ4v) is 1.90. The summed E-state index contributed by atoms with van der Waals surface area (Å²) in [6, 6.07) is 3.97. The molecule has 0 fully saturated rings. The Morgan fingerprint density at radius 2 is 1.95 bits per heavy atom. The van der Waals surface area contributed by atoms with Crippen molar-refractivity contribution < 1.29 is 13.2 Å². The van der Waals surface area contributed by atoms with Crippen molar-refractivity contribution in [3.63, 3.8) is 0 Å². The second-order valence-electron chi connectivity index (χ2n) is 4.16. The van der Waals surface area contributed by atoms with Gasteiger partial charge in [0.15, 0.2) is 0 Å². The van der Waals surface area contributed by atoms with Gasteiger partial charge in [-0.3, -0.25) is 0 Å². The van der Waals surface area contributed by atoms with Crippen LogP contribution in [0, 0.1) is 13.8 Å². The van der Waals surface area contributed by atoms with E-state index < -0.39 is 11.7 Å². The third kappa shape index (κ3) is 2.60. The van der Waals surface area contributed by atoms with Crippen LogP contribution in [0.3, 0.4) is 0 Å². The zero-order valence-electron chi connectivity index (χ0n) is 10.5. The zero-order chi connectivity index (χ0) is 14.2. The SMILES string of the molecule is Cc1nc(C)n(-c2ccc(CN)c(C(F)(F)F)c2)n1. The molecular formula is C12H13F3N4. The van der Waals surface area contributed by atoms with Crippen LogP contribution in [0.2, 0.25) is 0 Å². The van der Waals surface area contributed by atoms with Crippen LogP contribution in [-0.2, 0) is 12.7 Å². The van der Waals surface area contributed by atoms with Crippen molar-refractivity contribution in [3.05, 3.63) is 41.0 Å². The normalized spacial score (nSPS) is 11.9. The molecule has 0 radical (unpaired) electrons. The van der Waals surface area contributed by atoms with Crippen LogP contribution in [0.15, 0.2) is 18.2 Å². The molecule has 0 aliphatic heterocycles. The van der Waals surface area contributed by atoms with E-state index in [1.165, 1.54) is 10.7 Å². The Hall–Kier alpha value is -1.89. The van der Waals surface area contributed by atoms with E-state index in [1.807, 2.05) is 0 Å². The summed E-state index contributed by atoms with van der Waals surface area (Å²) < 4.78 is 40.2. The van der Waals surface area contributed by atoms with E-state index in [9.17, 15) is 13.2 Å². The minimum atomic E-state index is -4.44. The maximum Gasteiger partial charge on any atom is 0.416 e. The summed E-state index contributed by atoms with van der Waals surface area (Å²) in [6.45, 7) is 3.21. The second-order valence-corrected chi connectivity index (χ2v) is 4.16. The van der Waals surface area contributed by atoms with Crippen molar-refractivity contribution in [3.8, 4) is 5.69 Å². The Labute approximate surface area is 108 Å². The minimum absolute atomic E-state index is 0.0609. The molecule has 102 valence electrons. The fraction of sp³-hybridized carbons (Fsp3) is 0.333. The van der Waals surface area contributed by atoms with Gasteiger partial charge in [-0.15, -0.1) is 0 Å². The Bertz CT molecular complexity index is 602. The molecule has 0 unspecified atom stereocenters. The minimum Gasteiger partial charge on any atom is -0.326 e. The number of benzene rings is 1. The summed E-state index contributed by atoms with van der Waals surface area (Å²) in [6.07, 6.45) is -4.44. The number of aryl methyl sites for hydroxylation is 2. The van der Waals surface area contributed by atoms with Gasteiger partial charge in [-0.1, -0.05) is 6.07 Å². The molecule has 0 saturated heterocycles. The van der Waals surface area contributed by atoms with E-state index >= 15 is 0 Å². The van der Waals surface area contributed by atoms with Crippen LogP contribution >= 0.6 is 0 Å². The van der Waals surface area contributed by atoms with Crippen molar-refractivity contribution >= 4 is 0 Å². The van der Waals surface area contributed by atoms with E-state index in [4.69, 9.17) is 5.73 Å². The molecule has 0 spiro atoms. The Balaban J connectivity index is 2.58. The molecule has 0 amide bonds. The van der Waals surface area contributed by atoms with E-state index in [0.29, 0.717) is 17.3 Å². The van der Waals surface area contributed by atoms with E-state index in [1.54, 1.807) is 19.9 Å². The number of hydrogen-bond donors (Lipinski definition) is 1. The smallest absolute Gasteiger partial charge is 0.326 e. The average Bonchev–Trinajstić information content (AvgIpc) is 2.66. The lowest BCUT2D eigenvalue weighted by Gasteiger charge is -2.13. The number of alkyl halides is 3. The molecule has 1 aromatic heterocycles. The average molecular weight is 270 g/mol. The van der Waals surface area contributed by atoms with Gasteiger partial charge in [0.05, 0.1) is 11.3 Å². The van der Waals surface area contributed by atoms with Gasteiger partial charge >= 0.3 is 6.18 Å². The summed E-state index contributed by atoms with van der Waals surface area (Å²) in [5.74, 6) is 1.04. The van der Waals surface area contributed by atoms with Gasteiger partial charge in [0.25, 0.3) is 0 Å². The number of halogens is 3. The molecule has 0 aliphatic carbocycles. The Morgan fingerprint density at radius 3 is 2.42 bits per heavy atom. The highest BCUT2D eigenvalue weighted by atomic mass is 19.4. The van der Waals surface area contributed by atoms with Gasteiger partial charge in [0.2, 0.25) is 0 Å². The third-order valence-corrected chi connectivity index (χ3v) is 2.74. The molecule has 1 heterocycles. The van der Waals surface area contributed by atoms with Crippen LogP contribution in [0.4, 0.5) is 13.2 Å². The number of nitrogens with zero attached hydrogens (tertiary/aromatic N) is 3. The molecule has 0 aliphatic rings. The van der Waals surface area contributed by atoms with E-state index in [0.717, 1.165) is 6.07 Å². The third-order valence-electron chi connectivity index (χ3n) is 2.74. The molecule has 2 rings (SSSR count). The Kier molecular flexibility index (Phi) is 3.32. The number of rotatable bonds is 2. The predicted molar refractivity (Wildman–Crippen MR) is 63.7 cm³/mol.